The van der Waals surface area contributed by atoms with Crippen molar-refractivity contribution in [1.82, 2.24) is 19.5 Å². The Hall–Kier alpha value is -6.39. The fourth-order valence-corrected chi connectivity index (χ4v) is 6.63. The zero-order chi connectivity index (χ0) is 31.2. The molecule has 0 bridgehead atoms. The molecule has 0 saturated heterocycles. The van der Waals surface area contributed by atoms with Crippen LogP contribution in [0.1, 0.15) is 0 Å². The molecule has 3 aromatic heterocycles. The Balaban J connectivity index is 1.26. The Morgan fingerprint density at radius 1 is 0.383 bits per heavy atom. The molecule has 220 valence electrons. The van der Waals surface area contributed by atoms with Crippen LogP contribution in [-0.4, -0.2) is 19.5 Å². The fourth-order valence-electron chi connectivity index (χ4n) is 6.63. The third kappa shape index (κ3) is 4.66. The van der Waals surface area contributed by atoms with Gasteiger partial charge in [0.1, 0.15) is 5.65 Å². The van der Waals surface area contributed by atoms with Crippen molar-refractivity contribution in [3.05, 3.63) is 170 Å². The first-order valence-corrected chi connectivity index (χ1v) is 15.8. The number of pyridine rings is 1. The minimum Gasteiger partial charge on any atom is -0.261 e. The zero-order valence-corrected chi connectivity index (χ0v) is 25.5. The lowest BCUT2D eigenvalue weighted by Gasteiger charge is -2.13. The van der Waals surface area contributed by atoms with Gasteiger partial charge in [0.2, 0.25) is 5.95 Å². The maximum Gasteiger partial charge on any atom is 0.237 e. The summed E-state index contributed by atoms with van der Waals surface area (Å²) >= 11 is 0. The van der Waals surface area contributed by atoms with Crippen molar-refractivity contribution in [3.63, 3.8) is 0 Å². The van der Waals surface area contributed by atoms with Crippen LogP contribution >= 0.6 is 0 Å². The van der Waals surface area contributed by atoms with Gasteiger partial charge in [0.15, 0.2) is 0 Å². The lowest BCUT2D eigenvalue weighted by atomic mass is 9.98. The normalized spacial score (nSPS) is 11.4. The molecular formula is C43H28N4. The van der Waals surface area contributed by atoms with E-state index in [1.165, 1.54) is 22.3 Å². The fraction of sp³-hybridized carbons (Fsp3) is 0. The standard InChI is InChI=1S/C43H28N4/c1-3-11-29(12-4-1)31-20-24-33(25-21-31)35-16-9-17-36-37-18-10-28-44-42(37)47(41(35)36)43-45-39-19-8-7-15-38(39)40(46-43)34-26-22-32(23-27-34)30-13-5-2-6-14-30/h1-28H. The van der Waals surface area contributed by atoms with Crippen LogP contribution in [-0.2, 0) is 0 Å². The second-order valence-corrected chi connectivity index (χ2v) is 11.7. The van der Waals surface area contributed by atoms with Gasteiger partial charge >= 0.3 is 0 Å². The van der Waals surface area contributed by atoms with E-state index in [1.54, 1.807) is 0 Å². The van der Waals surface area contributed by atoms with E-state index >= 15 is 0 Å². The van der Waals surface area contributed by atoms with Gasteiger partial charge in [-0.2, -0.15) is 0 Å². The highest BCUT2D eigenvalue weighted by molar-refractivity contribution is 6.12. The minimum absolute atomic E-state index is 0.595. The Morgan fingerprint density at radius 3 is 1.64 bits per heavy atom. The van der Waals surface area contributed by atoms with Gasteiger partial charge in [-0.3, -0.25) is 4.57 Å². The summed E-state index contributed by atoms with van der Waals surface area (Å²) < 4.78 is 2.14. The average Bonchev–Trinajstić information content (AvgIpc) is 3.50. The number of benzene rings is 6. The van der Waals surface area contributed by atoms with Gasteiger partial charge in [-0.25, -0.2) is 15.0 Å². The van der Waals surface area contributed by atoms with Crippen LogP contribution < -0.4 is 0 Å². The molecule has 0 saturated carbocycles. The van der Waals surface area contributed by atoms with Gasteiger partial charge in [0.05, 0.1) is 16.7 Å². The highest BCUT2D eigenvalue weighted by atomic mass is 15.2. The Bertz CT molecular complexity index is 2530. The second-order valence-electron chi connectivity index (χ2n) is 11.7. The molecule has 0 N–H and O–H groups in total. The van der Waals surface area contributed by atoms with Gasteiger partial charge in [-0.1, -0.05) is 146 Å². The highest BCUT2D eigenvalue weighted by Crippen LogP contribution is 2.38. The number of fused-ring (bicyclic) bond motifs is 4. The molecule has 0 aliphatic carbocycles. The van der Waals surface area contributed by atoms with Crippen LogP contribution in [0.3, 0.4) is 0 Å². The molecule has 0 unspecified atom stereocenters. The molecule has 4 nitrogen and oxygen atoms in total. The van der Waals surface area contributed by atoms with Crippen LogP contribution in [0.2, 0.25) is 0 Å². The number of aromatic nitrogens is 4. The summed E-state index contributed by atoms with van der Waals surface area (Å²) in [5, 5.41) is 3.19. The monoisotopic (exact) mass is 600 g/mol. The van der Waals surface area contributed by atoms with Gasteiger partial charge in [-0.05, 0) is 46.0 Å². The number of hydrogen-bond acceptors (Lipinski definition) is 3. The first kappa shape index (κ1) is 27.0. The van der Waals surface area contributed by atoms with Crippen LogP contribution in [0.4, 0.5) is 0 Å². The quantitative estimate of drug-likeness (QED) is 0.197. The van der Waals surface area contributed by atoms with Crippen molar-refractivity contribution in [2.75, 3.05) is 0 Å². The second kappa shape index (κ2) is 11.2. The SMILES string of the molecule is c1ccc(-c2ccc(-c3nc(-n4c5ncccc5c5cccc(-c6ccc(-c7ccccc7)cc6)c54)nc4ccccc34)cc2)cc1. The molecule has 9 rings (SSSR count). The van der Waals surface area contributed by atoms with Crippen molar-refractivity contribution in [3.8, 4) is 50.6 Å². The van der Waals surface area contributed by atoms with E-state index < -0.39 is 0 Å². The molecule has 47 heavy (non-hydrogen) atoms. The number of nitrogens with zero attached hydrogens (tertiary/aromatic N) is 4. The molecule has 0 spiro atoms. The molecule has 4 heteroatoms. The summed E-state index contributed by atoms with van der Waals surface area (Å²) in [6.45, 7) is 0. The third-order valence-electron chi connectivity index (χ3n) is 8.91. The van der Waals surface area contributed by atoms with E-state index in [-0.39, 0.29) is 0 Å². The molecule has 0 aliphatic rings. The lowest BCUT2D eigenvalue weighted by molar-refractivity contribution is 0.998. The van der Waals surface area contributed by atoms with Gasteiger partial charge < -0.3 is 0 Å². The molecule has 6 aromatic carbocycles. The molecular weight excluding hydrogens is 573 g/mol. The van der Waals surface area contributed by atoms with E-state index in [0.29, 0.717) is 5.95 Å². The third-order valence-corrected chi connectivity index (χ3v) is 8.91. The van der Waals surface area contributed by atoms with Crippen LogP contribution in [0, 0.1) is 0 Å². The zero-order valence-electron chi connectivity index (χ0n) is 25.5. The van der Waals surface area contributed by atoms with E-state index in [0.717, 1.165) is 55.2 Å². The lowest BCUT2D eigenvalue weighted by Crippen LogP contribution is -2.05. The average molecular weight is 601 g/mol. The van der Waals surface area contributed by atoms with E-state index in [9.17, 15) is 0 Å². The number of rotatable bonds is 5. The topological polar surface area (TPSA) is 43.6 Å². The first-order chi connectivity index (χ1) is 23.3. The van der Waals surface area contributed by atoms with Crippen LogP contribution in [0.25, 0.3) is 83.4 Å². The Labute approximate surface area is 272 Å². The van der Waals surface area contributed by atoms with Crippen molar-refractivity contribution >= 4 is 32.8 Å². The summed E-state index contributed by atoms with van der Waals surface area (Å²) in [5.41, 5.74) is 11.6. The summed E-state index contributed by atoms with van der Waals surface area (Å²) in [6, 6.07) is 57.2. The Kier molecular flexibility index (Phi) is 6.43. The smallest absolute Gasteiger partial charge is 0.237 e. The summed E-state index contributed by atoms with van der Waals surface area (Å²) in [4.78, 5) is 15.4. The van der Waals surface area contributed by atoms with Gasteiger partial charge in [0, 0.05) is 33.5 Å². The van der Waals surface area contributed by atoms with E-state index in [4.69, 9.17) is 15.0 Å². The summed E-state index contributed by atoms with van der Waals surface area (Å²) in [6.07, 6.45) is 1.84. The summed E-state index contributed by atoms with van der Waals surface area (Å²) in [7, 11) is 0. The van der Waals surface area contributed by atoms with Crippen molar-refractivity contribution in [1.29, 1.82) is 0 Å². The van der Waals surface area contributed by atoms with Crippen molar-refractivity contribution < 1.29 is 0 Å². The van der Waals surface area contributed by atoms with Crippen molar-refractivity contribution in [2.24, 2.45) is 0 Å². The van der Waals surface area contributed by atoms with Crippen LogP contribution in [0.5, 0.6) is 0 Å². The van der Waals surface area contributed by atoms with Crippen molar-refractivity contribution in [2.45, 2.75) is 0 Å². The molecule has 0 radical (unpaired) electrons. The maximum absolute atomic E-state index is 5.32. The van der Waals surface area contributed by atoms with Gasteiger partial charge in [0.25, 0.3) is 0 Å². The van der Waals surface area contributed by atoms with Crippen LogP contribution in [0.15, 0.2) is 170 Å². The highest BCUT2D eigenvalue weighted by Gasteiger charge is 2.20. The predicted molar refractivity (Wildman–Crippen MR) is 193 cm³/mol. The predicted octanol–water partition coefficient (Wildman–Crippen LogP) is 10.8. The molecule has 0 fully saturated rings. The molecule has 3 heterocycles. The minimum atomic E-state index is 0.595. The molecule has 0 atom stereocenters. The molecule has 0 aliphatic heterocycles. The largest absolute Gasteiger partial charge is 0.261 e. The van der Waals surface area contributed by atoms with Gasteiger partial charge in [-0.15, -0.1) is 0 Å². The maximum atomic E-state index is 5.32. The van der Waals surface area contributed by atoms with E-state index in [2.05, 4.69) is 138 Å². The van der Waals surface area contributed by atoms with E-state index in [1.807, 2.05) is 36.5 Å². The first-order valence-electron chi connectivity index (χ1n) is 15.8. The molecule has 0 amide bonds. The number of hydrogen-bond donors (Lipinski definition) is 0. The summed E-state index contributed by atoms with van der Waals surface area (Å²) in [5.74, 6) is 0.595. The molecule has 9 aromatic rings. The number of para-hydroxylation sites is 2. The Morgan fingerprint density at radius 2 is 0.936 bits per heavy atom.